The minimum atomic E-state index is -2.34. The normalized spacial score (nSPS) is 12.0. The number of rotatable bonds is 6. The van der Waals surface area contributed by atoms with Crippen LogP contribution in [0.4, 0.5) is 13.2 Å². The Hall–Kier alpha value is -0.290. The van der Waals surface area contributed by atoms with Gasteiger partial charge in [-0.1, -0.05) is 0 Å². The van der Waals surface area contributed by atoms with Crippen molar-refractivity contribution in [3.63, 3.8) is 0 Å². The fourth-order valence-corrected chi connectivity index (χ4v) is 0.630. The second-order valence-corrected chi connectivity index (χ2v) is 4.85. The Bertz CT molecular complexity index is 158. The summed E-state index contributed by atoms with van der Waals surface area (Å²) in [6.45, 7) is 10.00. The third-order valence-electron chi connectivity index (χ3n) is 1.32. The van der Waals surface area contributed by atoms with Crippen LogP contribution in [0.15, 0.2) is 0 Å². The van der Waals surface area contributed by atoms with Crippen molar-refractivity contribution in [2.75, 3.05) is 13.2 Å². The molecule has 0 bridgehead atoms. The van der Waals surface area contributed by atoms with Crippen LogP contribution >= 0.6 is 0 Å². The van der Waals surface area contributed by atoms with Gasteiger partial charge in [0.1, 0.15) is 12.3 Å². The first kappa shape index (κ1) is 19.1. The van der Waals surface area contributed by atoms with Crippen molar-refractivity contribution in [2.45, 2.75) is 65.8 Å². The van der Waals surface area contributed by atoms with E-state index in [2.05, 4.69) is 4.74 Å². The Morgan fingerprint density at radius 1 is 0.941 bits per heavy atom. The fraction of sp³-hybridized carbons (Fsp3) is 1.00. The van der Waals surface area contributed by atoms with E-state index in [9.17, 15) is 13.2 Å². The van der Waals surface area contributed by atoms with Gasteiger partial charge in [0, 0.05) is 0 Å². The van der Waals surface area contributed by atoms with Gasteiger partial charge in [-0.3, -0.25) is 0 Å². The largest absolute Gasteiger partial charge is 0.376 e. The topological polar surface area (TPSA) is 18.5 Å². The summed E-state index contributed by atoms with van der Waals surface area (Å²) >= 11 is 0. The first-order chi connectivity index (χ1) is 7.54. The van der Waals surface area contributed by atoms with Crippen LogP contribution in [0.1, 0.15) is 41.5 Å². The average molecular weight is 258 g/mol. The molecule has 0 fully saturated rings. The lowest BCUT2D eigenvalue weighted by molar-refractivity contribution is -0.0104. The van der Waals surface area contributed by atoms with Crippen LogP contribution in [0.3, 0.4) is 0 Å². The Morgan fingerprint density at radius 3 is 1.47 bits per heavy atom. The maximum atomic E-state index is 12.6. The molecule has 0 aliphatic heterocycles. The Balaban J connectivity index is 0. The molecule has 0 radical (unpaired) electrons. The van der Waals surface area contributed by atoms with Crippen molar-refractivity contribution < 1.29 is 22.6 Å². The van der Waals surface area contributed by atoms with Gasteiger partial charge in [-0.2, -0.15) is 0 Å². The van der Waals surface area contributed by atoms with Crippen molar-refractivity contribution in [3.8, 4) is 0 Å². The van der Waals surface area contributed by atoms with Gasteiger partial charge in [-0.05, 0) is 41.5 Å². The van der Waals surface area contributed by atoms with Crippen LogP contribution in [-0.4, -0.2) is 37.5 Å². The summed E-state index contributed by atoms with van der Waals surface area (Å²) in [5, 5.41) is 0. The van der Waals surface area contributed by atoms with E-state index in [1.165, 1.54) is 13.8 Å². The van der Waals surface area contributed by atoms with Crippen LogP contribution < -0.4 is 0 Å². The van der Waals surface area contributed by atoms with Crippen LogP contribution in [0.5, 0.6) is 0 Å². The molecule has 0 spiro atoms. The number of halogens is 3. The van der Waals surface area contributed by atoms with E-state index in [0.717, 1.165) is 0 Å². The number of ether oxygens (including phenoxy) is 2. The monoisotopic (exact) mass is 258 g/mol. The highest BCUT2D eigenvalue weighted by Gasteiger charge is 2.15. The summed E-state index contributed by atoms with van der Waals surface area (Å²) in [6, 6.07) is 0. The molecule has 0 aromatic heterocycles. The molecule has 0 aromatic carbocycles. The lowest BCUT2D eigenvalue weighted by Crippen LogP contribution is -2.22. The van der Waals surface area contributed by atoms with Crippen LogP contribution in [0.2, 0.25) is 0 Å². The highest BCUT2D eigenvalue weighted by molar-refractivity contribution is 4.63. The van der Waals surface area contributed by atoms with Gasteiger partial charge in [0.15, 0.2) is 0 Å². The van der Waals surface area contributed by atoms with Gasteiger partial charge < -0.3 is 9.47 Å². The summed E-state index contributed by atoms with van der Waals surface area (Å²) in [5.41, 5.74) is -1.19. The Kier molecular flexibility index (Phi) is 10.9. The van der Waals surface area contributed by atoms with Crippen molar-refractivity contribution in [1.29, 1.82) is 0 Å². The van der Waals surface area contributed by atoms with Crippen LogP contribution in [0.25, 0.3) is 0 Å². The van der Waals surface area contributed by atoms with Crippen LogP contribution in [-0.2, 0) is 9.47 Å². The molecule has 0 aliphatic rings. The minimum absolute atomic E-state index is 0.0935. The smallest absolute Gasteiger partial charge is 0.261 e. The standard InChI is InChI=1S/C7H15FO.C5H10F2O/c1-6(2)9-5-7(3,4)8;1-4(2)8-3-5(6)7/h6H,5H2,1-4H3;4-5H,3H2,1-2H3. The van der Waals surface area contributed by atoms with Gasteiger partial charge in [0.05, 0.1) is 18.8 Å². The molecular weight excluding hydrogens is 233 g/mol. The molecule has 2 nitrogen and oxygen atoms in total. The van der Waals surface area contributed by atoms with Gasteiger partial charge >= 0.3 is 0 Å². The molecule has 0 saturated heterocycles. The second kappa shape index (κ2) is 9.71. The van der Waals surface area contributed by atoms with Crippen molar-refractivity contribution in [3.05, 3.63) is 0 Å². The molecule has 0 N–H and O–H groups in total. The number of hydrogen-bond acceptors (Lipinski definition) is 2. The molecule has 0 aromatic rings. The van der Waals surface area contributed by atoms with E-state index in [1.54, 1.807) is 13.8 Å². The zero-order valence-electron chi connectivity index (χ0n) is 11.6. The SMILES string of the molecule is CC(C)OCC(C)(C)F.CC(C)OCC(F)F. The molecule has 17 heavy (non-hydrogen) atoms. The lowest BCUT2D eigenvalue weighted by Gasteiger charge is -2.15. The molecule has 0 atom stereocenters. The third kappa shape index (κ3) is 25.7. The second-order valence-electron chi connectivity index (χ2n) is 4.85. The zero-order valence-corrected chi connectivity index (χ0v) is 11.6. The highest BCUT2D eigenvalue weighted by Crippen LogP contribution is 2.08. The predicted octanol–water partition coefficient (Wildman–Crippen LogP) is 3.84. The molecular formula is C12H25F3O2. The molecule has 0 amide bonds. The third-order valence-corrected chi connectivity index (χ3v) is 1.32. The van der Waals surface area contributed by atoms with Gasteiger partial charge in [0.25, 0.3) is 6.43 Å². The maximum absolute atomic E-state index is 12.6. The molecule has 106 valence electrons. The van der Waals surface area contributed by atoms with E-state index in [1.807, 2.05) is 13.8 Å². The summed E-state index contributed by atoms with van der Waals surface area (Å²) in [6.07, 6.45) is -2.30. The zero-order chi connectivity index (χ0) is 14.1. The first-order valence-electron chi connectivity index (χ1n) is 5.75. The molecule has 5 heteroatoms. The van der Waals surface area contributed by atoms with E-state index >= 15 is 0 Å². The minimum Gasteiger partial charge on any atom is -0.376 e. The van der Waals surface area contributed by atoms with E-state index < -0.39 is 18.7 Å². The van der Waals surface area contributed by atoms with Crippen molar-refractivity contribution in [1.82, 2.24) is 0 Å². The summed E-state index contributed by atoms with van der Waals surface area (Å²) < 4.78 is 44.7. The number of alkyl halides is 3. The lowest BCUT2D eigenvalue weighted by atomic mass is 10.2. The summed E-state index contributed by atoms with van der Waals surface area (Å²) in [5.74, 6) is 0. The number of hydrogen-bond donors (Lipinski definition) is 0. The first-order valence-corrected chi connectivity index (χ1v) is 5.75. The average Bonchev–Trinajstić information content (AvgIpc) is 2.11. The van der Waals surface area contributed by atoms with E-state index in [0.29, 0.717) is 0 Å². The van der Waals surface area contributed by atoms with Crippen LogP contribution in [0, 0.1) is 0 Å². The molecule has 0 aliphatic carbocycles. The van der Waals surface area contributed by atoms with E-state index in [-0.39, 0.29) is 18.8 Å². The fourth-order valence-electron chi connectivity index (χ4n) is 0.630. The molecule has 0 unspecified atom stereocenters. The predicted molar refractivity (Wildman–Crippen MR) is 63.4 cm³/mol. The Labute approximate surface area is 102 Å². The quantitative estimate of drug-likeness (QED) is 0.720. The van der Waals surface area contributed by atoms with E-state index in [4.69, 9.17) is 4.74 Å². The maximum Gasteiger partial charge on any atom is 0.261 e. The van der Waals surface area contributed by atoms with Gasteiger partial charge in [-0.25, -0.2) is 13.2 Å². The molecule has 0 heterocycles. The van der Waals surface area contributed by atoms with Crippen molar-refractivity contribution >= 4 is 0 Å². The summed E-state index contributed by atoms with van der Waals surface area (Å²) in [4.78, 5) is 0. The van der Waals surface area contributed by atoms with Crippen molar-refractivity contribution in [2.24, 2.45) is 0 Å². The van der Waals surface area contributed by atoms with Gasteiger partial charge in [-0.15, -0.1) is 0 Å². The highest BCUT2D eigenvalue weighted by atomic mass is 19.3. The molecule has 0 saturated carbocycles. The summed E-state index contributed by atoms with van der Waals surface area (Å²) in [7, 11) is 0. The van der Waals surface area contributed by atoms with Gasteiger partial charge in [0.2, 0.25) is 0 Å². The Morgan fingerprint density at radius 2 is 1.35 bits per heavy atom. The molecule has 0 rings (SSSR count).